The van der Waals surface area contributed by atoms with Gasteiger partial charge in [0.15, 0.2) is 0 Å². The van der Waals surface area contributed by atoms with Gasteiger partial charge in [-0.05, 0) is 38.5 Å². The molecule has 3 aliphatic rings. The second-order valence-electron chi connectivity index (χ2n) is 12.0. The highest BCUT2D eigenvalue weighted by atomic mass is 19.1. The zero-order valence-electron chi connectivity index (χ0n) is 23.1. The number of pyridine rings is 2. The van der Waals surface area contributed by atoms with E-state index < -0.39 is 5.67 Å². The summed E-state index contributed by atoms with van der Waals surface area (Å²) < 4.78 is 15.4. The number of piperazine rings is 1. The summed E-state index contributed by atoms with van der Waals surface area (Å²) in [5, 5.41) is 3.51. The molecule has 38 heavy (non-hydrogen) atoms. The number of nitrogens with zero attached hydrogens (tertiary/aromatic N) is 5. The van der Waals surface area contributed by atoms with Crippen molar-refractivity contribution in [3.05, 3.63) is 53.1 Å². The van der Waals surface area contributed by atoms with Crippen LogP contribution in [0.5, 0.6) is 0 Å². The molecule has 0 saturated carbocycles. The molecular weight excluding hydrogens is 483 g/mol. The molecular formula is C29H39FN6O2. The van der Waals surface area contributed by atoms with E-state index in [9.17, 15) is 9.59 Å². The molecule has 0 aliphatic carbocycles. The minimum Gasteiger partial charge on any atom is -0.331 e. The van der Waals surface area contributed by atoms with Gasteiger partial charge in [0.25, 0.3) is 5.91 Å². The van der Waals surface area contributed by atoms with Crippen molar-refractivity contribution in [1.29, 1.82) is 0 Å². The fourth-order valence-electron chi connectivity index (χ4n) is 6.11. The van der Waals surface area contributed by atoms with Gasteiger partial charge < -0.3 is 15.1 Å². The maximum Gasteiger partial charge on any atom is 0.256 e. The number of nitrogens with one attached hydrogen (secondary N) is 1. The van der Waals surface area contributed by atoms with Crippen molar-refractivity contribution in [2.75, 3.05) is 37.6 Å². The number of amides is 2. The lowest BCUT2D eigenvalue weighted by Crippen LogP contribution is -2.60. The molecule has 8 nitrogen and oxygen atoms in total. The number of alkyl halides is 1. The third kappa shape index (κ3) is 4.94. The Morgan fingerprint density at radius 2 is 2.11 bits per heavy atom. The van der Waals surface area contributed by atoms with Crippen molar-refractivity contribution in [3.8, 4) is 0 Å². The fourth-order valence-corrected chi connectivity index (χ4v) is 6.11. The van der Waals surface area contributed by atoms with E-state index >= 15 is 4.39 Å². The lowest BCUT2D eigenvalue weighted by molar-refractivity contribution is -0.120. The van der Waals surface area contributed by atoms with Gasteiger partial charge in [-0.3, -0.25) is 24.5 Å². The Kier molecular flexibility index (Phi) is 7.02. The monoisotopic (exact) mass is 522 g/mol. The molecule has 1 saturated heterocycles. The Morgan fingerprint density at radius 1 is 1.32 bits per heavy atom. The van der Waals surface area contributed by atoms with Crippen molar-refractivity contribution >= 4 is 17.5 Å². The van der Waals surface area contributed by atoms with Crippen molar-refractivity contribution < 1.29 is 14.0 Å². The van der Waals surface area contributed by atoms with Crippen LogP contribution in [0.2, 0.25) is 0 Å². The molecule has 2 amide bonds. The molecule has 0 aromatic carbocycles. The number of halogens is 1. The van der Waals surface area contributed by atoms with Crippen LogP contribution in [0.15, 0.2) is 30.6 Å². The highest BCUT2D eigenvalue weighted by Gasteiger charge is 2.41. The van der Waals surface area contributed by atoms with Crippen LogP contribution in [0, 0.1) is 0 Å². The van der Waals surface area contributed by atoms with Crippen LogP contribution >= 0.6 is 0 Å². The van der Waals surface area contributed by atoms with Gasteiger partial charge in [0.2, 0.25) is 5.91 Å². The number of hydrogen-bond acceptors (Lipinski definition) is 6. The minimum absolute atomic E-state index is 0.00446. The van der Waals surface area contributed by atoms with E-state index in [4.69, 9.17) is 0 Å². The Bertz CT molecular complexity index is 1230. The van der Waals surface area contributed by atoms with Crippen LogP contribution in [-0.2, 0) is 22.4 Å². The molecule has 2 aromatic heterocycles. The smallest absolute Gasteiger partial charge is 0.256 e. The minimum atomic E-state index is -1.54. The van der Waals surface area contributed by atoms with Crippen molar-refractivity contribution in [2.45, 2.75) is 77.2 Å². The first-order valence-electron chi connectivity index (χ1n) is 13.7. The van der Waals surface area contributed by atoms with Crippen LogP contribution in [0.25, 0.3) is 0 Å². The van der Waals surface area contributed by atoms with Gasteiger partial charge >= 0.3 is 0 Å². The molecule has 9 heteroatoms. The summed E-state index contributed by atoms with van der Waals surface area (Å²) in [4.78, 5) is 41.5. The average molecular weight is 523 g/mol. The van der Waals surface area contributed by atoms with E-state index in [0.717, 1.165) is 16.9 Å². The summed E-state index contributed by atoms with van der Waals surface area (Å²) >= 11 is 0. The normalized spacial score (nSPS) is 24.3. The highest BCUT2D eigenvalue weighted by Crippen LogP contribution is 2.42. The molecule has 1 unspecified atom stereocenters. The van der Waals surface area contributed by atoms with E-state index in [1.165, 1.54) is 0 Å². The van der Waals surface area contributed by atoms with Gasteiger partial charge in [0.1, 0.15) is 5.67 Å². The lowest BCUT2D eigenvalue weighted by Gasteiger charge is -2.41. The topological polar surface area (TPSA) is 81.7 Å². The van der Waals surface area contributed by atoms with Crippen LogP contribution in [-0.4, -0.2) is 76.4 Å². The van der Waals surface area contributed by atoms with Gasteiger partial charge in [-0.25, -0.2) is 4.39 Å². The molecule has 3 aliphatic heterocycles. The number of rotatable bonds is 7. The van der Waals surface area contributed by atoms with Gasteiger partial charge in [0, 0.05) is 61.6 Å². The third-order valence-corrected chi connectivity index (χ3v) is 8.25. The molecule has 3 atom stereocenters. The first-order chi connectivity index (χ1) is 18.0. The third-order valence-electron chi connectivity index (χ3n) is 8.25. The summed E-state index contributed by atoms with van der Waals surface area (Å²) in [6, 6.07) is 5.62. The van der Waals surface area contributed by atoms with Crippen molar-refractivity contribution in [1.82, 2.24) is 25.1 Å². The van der Waals surface area contributed by atoms with Crippen molar-refractivity contribution in [2.24, 2.45) is 0 Å². The number of carbonyl (C=O) groups excluding carboxylic acids is 2. The summed E-state index contributed by atoms with van der Waals surface area (Å²) in [6.07, 6.45) is 4.56. The van der Waals surface area contributed by atoms with Gasteiger partial charge in [-0.15, -0.1) is 0 Å². The maximum atomic E-state index is 15.4. The molecule has 204 valence electrons. The van der Waals surface area contributed by atoms with E-state index in [1.807, 2.05) is 22.8 Å². The number of anilines is 1. The first kappa shape index (κ1) is 26.7. The van der Waals surface area contributed by atoms with E-state index in [0.29, 0.717) is 56.8 Å². The molecule has 1 N–H and O–H groups in total. The molecule has 2 aromatic rings. The predicted molar refractivity (Wildman–Crippen MR) is 145 cm³/mol. The number of fused-ring (bicyclic) bond motifs is 2. The molecule has 1 fully saturated rings. The van der Waals surface area contributed by atoms with E-state index in [-0.39, 0.29) is 35.9 Å². The Hall–Kier alpha value is -2.91. The molecule has 5 heterocycles. The second-order valence-corrected chi connectivity index (χ2v) is 12.0. The molecule has 0 spiro atoms. The molecule has 0 bridgehead atoms. The van der Waals surface area contributed by atoms with E-state index in [2.05, 4.69) is 41.0 Å². The second kappa shape index (κ2) is 10.0. The van der Waals surface area contributed by atoms with Gasteiger partial charge in [0.05, 0.1) is 35.7 Å². The van der Waals surface area contributed by atoms with Crippen LogP contribution in [0.3, 0.4) is 0 Å². The van der Waals surface area contributed by atoms with E-state index in [1.54, 1.807) is 31.5 Å². The van der Waals surface area contributed by atoms with Gasteiger partial charge in [-0.2, -0.15) is 0 Å². The quantitative estimate of drug-likeness (QED) is 0.600. The number of aromatic nitrogens is 2. The zero-order valence-corrected chi connectivity index (χ0v) is 23.1. The summed E-state index contributed by atoms with van der Waals surface area (Å²) in [5.41, 5.74) is 1.77. The molecule has 0 radical (unpaired) electrons. The van der Waals surface area contributed by atoms with Crippen LogP contribution < -0.4 is 10.2 Å². The van der Waals surface area contributed by atoms with Gasteiger partial charge in [-0.1, -0.05) is 27.2 Å². The van der Waals surface area contributed by atoms with Crippen LogP contribution in [0.4, 0.5) is 10.1 Å². The Balaban J connectivity index is 1.35. The zero-order chi connectivity index (χ0) is 27.2. The summed E-state index contributed by atoms with van der Waals surface area (Å²) in [5.74, 6) is -0.0172. The van der Waals surface area contributed by atoms with Crippen molar-refractivity contribution in [3.63, 3.8) is 0 Å². The predicted octanol–water partition coefficient (Wildman–Crippen LogP) is 3.40. The summed E-state index contributed by atoms with van der Waals surface area (Å²) in [7, 11) is 0. The number of carbonyl (C=O) groups is 2. The first-order valence-corrected chi connectivity index (χ1v) is 13.7. The molecule has 5 rings (SSSR count). The number of hydrogen-bond donors (Lipinski definition) is 1. The standard InChI is InChI=1S/C29H39FN6O2/c1-6-9-29(5,30)25-11-24-22(13-33-25)28(3,4)18-36(24)26(37)17-34-14-19(2)32-12-20(34)15-35-16-23-21(27(35)38)8-7-10-31-23/h7-8,10-11,13,19-20,32H,6,9,12,14-18H2,1-5H3/t19-,20-,29?/m1/s1. The average Bonchev–Trinajstić information content (AvgIpc) is 3.33. The largest absolute Gasteiger partial charge is 0.331 e. The lowest BCUT2D eigenvalue weighted by atomic mass is 9.87. The van der Waals surface area contributed by atoms with Crippen LogP contribution in [0.1, 0.15) is 74.8 Å². The highest BCUT2D eigenvalue weighted by molar-refractivity contribution is 5.98. The Morgan fingerprint density at radius 3 is 2.84 bits per heavy atom. The summed E-state index contributed by atoms with van der Waals surface area (Å²) in [6.45, 7) is 13.0. The Labute approximate surface area is 224 Å². The fraction of sp³-hybridized carbons (Fsp3) is 0.586. The SMILES string of the molecule is CCCC(C)(F)c1cc2c(cn1)C(C)(C)CN2C(=O)CN1C[C@@H](C)NC[C@@H]1CN1Cc2ncccc2C1=O. The maximum absolute atomic E-state index is 15.4.